The Bertz CT molecular complexity index is 526. The quantitative estimate of drug-likeness (QED) is 0.923. The minimum Gasteiger partial charge on any atom is -0.491 e. The molecule has 0 bridgehead atoms. The molecule has 2 saturated heterocycles. The van der Waals surface area contributed by atoms with E-state index in [0.29, 0.717) is 12.6 Å². The Morgan fingerprint density at radius 3 is 2.83 bits per heavy atom. The van der Waals surface area contributed by atoms with Gasteiger partial charge < -0.3 is 19.7 Å². The van der Waals surface area contributed by atoms with Gasteiger partial charge in [0.2, 0.25) is 0 Å². The zero-order valence-corrected chi connectivity index (χ0v) is 14.0. The fourth-order valence-electron chi connectivity index (χ4n) is 3.17. The molecule has 23 heavy (non-hydrogen) atoms. The molecule has 126 valence electrons. The Kier molecular flexibility index (Phi) is 5.18. The van der Waals surface area contributed by atoms with E-state index in [1.165, 1.54) is 0 Å². The standard InChI is InChI=1S/C18H26N2O3/c1-13-14(2)20(10-9-19-13)18(21)15-5-7-16(8-6-15)23-12-17-4-3-11-22-17/h5-8,13-14,17,19H,3-4,9-12H2,1-2H3. The molecule has 2 heterocycles. The predicted molar refractivity (Wildman–Crippen MR) is 88.9 cm³/mol. The maximum atomic E-state index is 12.7. The van der Waals surface area contributed by atoms with E-state index >= 15 is 0 Å². The third kappa shape index (κ3) is 3.85. The lowest BCUT2D eigenvalue weighted by Gasteiger charge is -2.38. The zero-order chi connectivity index (χ0) is 16.2. The highest BCUT2D eigenvalue weighted by molar-refractivity contribution is 5.94. The molecule has 0 aliphatic carbocycles. The maximum absolute atomic E-state index is 12.7. The van der Waals surface area contributed by atoms with Crippen molar-refractivity contribution in [1.29, 1.82) is 0 Å². The van der Waals surface area contributed by atoms with E-state index in [4.69, 9.17) is 9.47 Å². The molecular formula is C18H26N2O3. The summed E-state index contributed by atoms with van der Waals surface area (Å²) < 4.78 is 11.3. The van der Waals surface area contributed by atoms with Crippen LogP contribution in [0.2, 0.25) is 0 Å². The summed E-state index contributed by atoms with van der Waals surface area (Å²) in [5.74, 6) is 0.885. The van der Waals surface area contributed by atoms with Gasteiger partial charge >= 0.3 is 0 Å². The van der Waals surface area contributed by atoms with Gasteiger partial charge in [0.15, 0.2) is 0 Å². The molecule has 2 aliphatic heterocycles. The fraction of sp³-hybridized carbons (Fsp3) is 0.611. The van der Waals surface area contributed by atoms with E-state index in [2.05, 4.69) is 19.2 Å². The molecule has 5 heteroatoms. The van der Waals surface area contributed by atoms with E-state index in [0.717, 1.165) is 43.9 Å². The fourth-order valence-corrected chi connectivity index (χ4v) is 3.17. The molecule has 1 aromatic rings. The minimum atomic E-state index is 0.0940. The van der Waals surface area contributed by atoms with Crippen molar-refractivity contribution < 1.29 is 14.3 Å². The third-order valence-corrected chi connectivity index (χ3v) is 4.86. The second kappa shape index (κ2) is 7.32. The number of ether oxygens (including phenoxy) is 2. The summed E-state index contributed by atoms with van der Waals surface area (Å²) in [5.41, 5.74) is 0.718. The smallest absolute Gasteiger partial charge is 0.254 e. The topological polar surface area (TPSA) is 50.8 Å². The monoisotopic (exact) mass is 318 g/mol. The first-order valence-corrected chi connectivity index (χ1v) is 8.54. The first-order chi connectivity index (χ1) is 11.1. The predicted octanol–water partition coefficient (Wildman–Crippen LogP) is 2.07. The molecule has 3 unspecified atom stereocenters. The number of hydrogen-bond acceptors (Lipinski definition) is 4. The molecular weight excluding hydrogens is 292 g/mol. The van der Waals surface area contributed by atoms with E-state index in [1.54, 1.807) is 0 Å². The molecule has 2 aliphatic rings. The summed E-state index contributed by atoms with van der Waals surface area (Å²) in [5, 5.41) is 3.39. The number of rotatable bonds is 4. The van der Waals surface area contributed by atoms with Gasteiger partial charge in [0.05, 0.1) is 6.10 Å². The van der Waals surface area contributed by atoms with Crippen molar-refractivity contribution >= 4 is 5.91 Å². The highest BCUT2D eigenvalue weighted by Gasteiger charge is 2.28. The first kappa shape index (κ1) is 16.3. The van der Waals surface area contributed by atoms with Crippen molar-refractivity contribution in [3.05, 3.63) is 29.8 Å². The Morgan fingerprint density at radius 2 is 2.13 bits per heavy atom. The van der Waals surface area contributed by atoms with Crippen LogP contribution in [0.3, 0.4) is 0 Å². The average molecular weight is 318 g/mol. The second-order valence-corrected chi connectivity index (χ2v) is 6.45. The molecule has 1 N–H and O–H groups in total. The van der Waals surface area contributed by atoms with Crippen molar-refractivity contribution in [2.75, 3.05) is 26.3 Å². The van der Waals surface area contributed by atoms with Crippen LogP contribution in [-0.2, 0) is 4.74 Å². The van der Waals surface area contributed by atoms with Gasteiger partial charge in [0, 0.05) is 37.3 Å². The van der Waals surface area contributed by atoms with Gasteiger partial charge in [0.1, 0.15) is 12.4 Å². The Balaban J connectivity index is 1.58. The van der Waals surface area contributed by atoms with Crippen LogP contribution in [0.1, 0.15) is 37.0 Å². The summed E-state index contributed by atoms with van der Waals surface area (Å²) in [7, 11) is 0. The molecule has 5 nitrogen and oxygen atoms in total. The van der Waals surface area contributed by atoms with E-state index < -0.39 is 0 Å². The zero-order valence-electron chi connectivity index (χ0n) is 14.0. The summed E-state index contributed by atoms with van der Waals surface area (Å²) in [6.07, 6.45) is 2.39. The van der Waals surface area contributed by atoms with Crippen LogP contribution < -0.4 is 10.1 Å². The molecule has 0 spiro atoms. The first-order valence-electron chi connectivity index (χ1n) is 8.54. The van der Waals surface area contributed by atoms with Crippen molar-refractivity contribution in [3.8, 4) is 5.75 Å². The molecule has 1 amide bonds. The molecule has 3 atom stereocenters. The van der Waals surface area contributed by atoms with Crippen molar-refractivity contribution in [2.45, 2.75) is 44.9 Å². The number of benzene rings is 1. The summed E-state index contributed by atoms with van der Waals surface area (Å²) in [4.78, 5) is 14.6. The highest BCUT2D eigenvalue weighted by Crippen LogP contribution is 2.19. The number of piperazine rings is 1. The van der Waals surface area contributed by atoms with Crippen molar-refractivity contribution in [2.24, 2.45) is 0 Å². The summed E-state index contributed by atoms with van der Waals surface area (Å²) in [6, 6.07) is 7.98. The number of carbonyl (C=O) groups excluding carboxylic acids is 1. The van der Waals surface area contributed by atoms with Gasteiger partial charge in [0.25, 0.3) is 5.91 Å². The van der Waals surface area contributed by atoms with Gasteiger partial charge in [-0.05, 0) is 51.0 Å². The number of nitrogens with one attached hydrogen (secondary N) is 1. The van der Waals surface area contributed by atoms with Crippen molar-refractivity contribution in [3.63, 3.8) is 0 Å². The average Bonchev–Trinajstić information content (AvgIpc) is 3.09. The molecule has 0 radical (unpaired) electrons. The highest BCUT2D eigenvalue weighted by atomic mass is 16.5. The van der Waals surface area contributed by atoms with Gasteiger partial charge in [-0.2, -0.15) is 0 Å². The maximum Gasteiger partial charge on any atom is 0.254 e. The van der Waals surface area contributed by atoms with Gasteiger partial charge in [-0.25, -0.2) is 0 Å². The van der Waals surface area contributed by atoms with Crippen LogP contribution in [0.15, 0.2) is 24.3 Å². The lowest BCUT2D eigenvalue weighted by molar-refractivity contribution is 0.0602. The third-order valence-electron chi connectivity index (χ3n) is 4.86. The van der Waals surface area contributed by atoms with Crippen LogP contribution in [-0.4, -0.2) is 55.3 Å². The number of nitrogens with zero attached hydrogens (tertiary/aromatic N) is 1. The lowest BCUT2D eigenvalue weighted by Crippen LogP contribution is -2.57. The minimum absolute atomic E-state index is 0.0940. The Hall–Kier alpha value is -1.59. The molecule has 0 saturated carbocycles. The van der Waals surface area contributed by atoms with E-state index in [1.807, 2.05) is 29.2 Å². The van der Waals surface area contributed by atoms with E-state index in [-0.39, 0.29) is 18.1 Å². The van der Waals surface area contributed by atoms with Crippen LogP contribution in [0.25, 0.3) is 0 Å². The summed E-state index contributed by atoms with van der Waals surface area (Å²) >= 11 is 0. The SMILES string of the molecule is CC1NCCN(C(=O)c2ccc(OCC3CCCO3)cc2)C1C. The molecule has 3 rings (SSSR count). The van der Waals surface area contributed by atoms with Crippen LogP contribution in [0, 0.1) is 0 Å². The lowest BCUT2D eigenvalue weighted by atomic mass is 10.1. The molecule has 2 fully saturated rings. The van der Waals surface area contributed by atoms with Gasteiger partial charge in [-0.15, -0.1) is 0 Å². The van der Waals surface area contributed by atoms with Gasteiger partial charge in [-0.3, -0.25) is 4.79 Å². The van der Waals surface area contributed by atoms with Gasteiger partial charge in [-0.1, -0.05) is 0 Å². The summed E-state index contributed by atoms with van der Waals surface area (Å²) in [6.45, 7) is 7.23. The van der Waals surface area contributed by atoms with Crippen LogP contribution in [0.4, 0.5) is 0 Å². The second-order valence-electron chi connectivity index (χ2n) is 6.45. The van der Waals surface area contributed by atoms with E-state index in [9.17, 15) is 4.79 Å². The molecule has 1 aromatic carbocycles. The number of carbonyl (C=O) groups is 1. The number of hydrogen-bond donors (Lipinski definition) is 1. The van der Waals surface area contributed by atoms with Crippen LogP contribution >= 0.6 is 0 Å². The van der Waals surface area contributed by atoms with Crippen LogP contribution in [0.5, 0.6) is 5.75 Å². The molecule has 0 aromatic heterocycles. The number of amides is 1. The Morgan fingerprint density at radius 1 is 1.35 bits per heavy atom. The Labute approximate surface area is 137 Å². The van der Waals surface area contributed by atoms with Crippen molar-refractivity contribution in [1.82, 2.24) is 10.2 Å². The normalized spacial score (nSPS) is 27.9. The largest absolute Gasteiger partial charge is 0.491 e.